The van der Waals surface area contributed by atoms with Crippen molar-refractivity contribution in [1.29, 1.82) is 0 Å². The van der Waals surface area contributed by atoms with E-state index >= 15 is 0 Å². The van der Waals surface area contributed by atoms with Crippen LogP contribution in [0.5, 0.6) is 23.0 Å². The number of benzene rings is 10. The van der Waals surface area contributed by atoms with E-state index in [1.165, 1.54) is 26.4 Å². The predicted octanol–water partition coefficient (Wildman–Crippen LogP) is 14.9. The fourth-order valence-corrected chi connectivity index (χ4v) is 8.60. The van der Waals surface area contributed by atoms with Crippen molar-refractivity contribution in [2.75, 3.05) is 35.5 Å². The Hall–Kier alpha value is -11.0. The molecule has 0 aliphatic carbocycles. The van der Waals surface area contributed by atoms with Gasteiger partial charge in [-0.15, -0.1) is 10.2 Å². The van der Waals surface area contributed by atoms with Gasteiger partial charge in [0.2, 0.25) is 0 Å². The van der Waals surface area contributed by atoms with Crippen LogP contribution in [0.3, 0.4) is 0 Å². The summed E-state index contributed by atoms with van der Waals surface area (Å²) in [5, 5.41) is 54.5. The number of hydrogen-bond acceptors (Lipinski definition) is 12. The lowest BCUT2D eigenvalue weighted by atomic mass is 10.0. The summed E-state index contributed by atoms with van der Waals surface area (Å²) in [7, 11) is 2.92. The Kier molecular flexibility index (Phi) is 14.7. The smallest absolute Gasteiger partial charge is 0.259 e. The molecule has 0 unspecified atom stereocenters. The highest BCUT2D eigenvalue weighted by Gasteiger charge is 2.22. The molecule has 6 N–H and O–H groups in total. The van der Waals surface area contributed by atoms with E-state index in [1.807, 2.05) is 60.7 Å². The highest BCUT2D eigenvalue weighted by atomic mass is 16.5. The van der Waals surface area contributed by atoms with Crippen LogP contribution >= 0.6 is 0 Å². The fourth-order valence-electron chi connectivity index (χ4n) is 8.60. The summed E-state index contributed by atoms with van der Waals surface area (Å²) in [4.78, 5) is 54.2. The van der Waals surface area contributed by atoms with Gasteiger partial charge in [-0.1, -0.05) is 109 Å². The Balaban J connectivity index is 0.823. The number of azo groups is 2. The second-order valence-electron chi connectivity index (χ2n) is 17.6. The SMILES string of the molecule is COc1ccc(N=Nc2c(O)c(C(=O)Nc3ccc(-c4ccc(NC(=O)c5cc6ccccc6c(N=Nc6ccc(OC)c(C(=O)Nc7ccccc7)c6)c5O)cc4)cc3)cc3ccccc23)cc1C(=O)Nc1ccccc1. The molecule has 10 rings (SSSR count). The first-order valence-corrected chi connectivity index (χ1v) is 24.3. The summed E-state index contributed by atoms with van der Waals surface area (Å²) in [6, 6.07) is 59.1. The van der Waals surface area contributed by atoms with E-state index in [2.05, 4.69) is 41.7 Å². The number of aromatic hydroxyl groups is 2. The number of ether oxygens (including phenoxy) is 2. The van der Waals surface area contributed by atoms with Gasteiger partial charge >= 0.3 is 0 Å². The maximum Gasteiger partial charge on any atom is 0.259 e. The topological polar surface area (TPSA) is 225 Å². The second kappa shape index (κ2) is 22.6. The Bertz CT molecular complexity index is 3720. The Labute approximate surface area is 446 Å². The van der Waals surface area contributed by atoms with Crippen LogP contribution in [0.1, 0.15) is 41.4 Å². The van der Waals surface area contributed by atoms with Crippen LogP contribution in [0.4, 0.5) is 45.5 Å². The molecule has 0 saturated heterocycles. The molecule has 0 fully saturated rings. The predicted molar refractivity (Wildman–Crippen MR) is 302 cm³/mol. The van der Waals surface area contributed by atoms with Crippen molar-refractivity contribution in [3.63, 3.8) is 0 Å². The van der Waals surface area contributed by atoms with Gasteiger partial charge in [0.25, 0.3) is 23.6 Å². The molecule has 0 bridgehead atoms. The van der Waals surface area contributed by atoms with Crippen LogP contribution in [0.15, 0.2) is 227 Å². The maximum atomic E-state index is 13.8. The number of phenols is 2. The molecule has 0 heterocycles. The molecule has 382 valence electrons. The van der Waals surface area contributed by atoms with Crippen molar-refractivity contribution in [3.05, 3.63) is 229 Å². The van der Waals surface area contributed by atoms with Crippen LogP contribution < -0.4 is 30.7 Å². The largest absolute Gasteiger partial charge is 0.505 e. The standard InChI is InChI=1S/C62H46N8O8/c1-77-53-31-29-45(35-49(53)59(73)63-41-15-5-3-6-16-41)67-69-55-47-19-11-9-13-39(47)33-51(57(55)71)61(75)65-43-25-21-37(22-26-43)38-23-27-44(28-24-38)66-62(76)52-34-40-14-10-12-20-48(40)56(58(52)72)70-68-46-30-32-54(78-2)50(36-46)60(74)64-42-17-7-4-8-18-42/h3-36,71-72H,1-2H3,(H,63,73)(H,64,74)(H,65,75)(H,66,76). The molecule has 16 nitrogen and oxygen atoms in total. The van der Waals surface area contributed by atoms with Gasteiger partial charge in [-0.3, -0.25) is 19.2 Å². The summed E-state index contributed by atoms with van der Waals surface area (Å²) in [5.41, 5.74) is 4.84. The molecule has 78 heavy (non-hydrogen) atoms. The number of fused-ring (bicyclic) bond motifs is 2. The number of para-hydroxylation sites is 2. The van der Waals surface area contributed by atoms with Gasteiger partial charge in [0, 0.05) is 33.5 Å². The number of carbonyl (C=O) groups is 4. The lowest BCUT2D eigenvalue weighted by Crippen LogP contribution is -2.13. The van der Waals surface area contributed by atoms with E-state index in [9.17, 15) is 29.4 Å². The van der Waals surface area contributed by atoms with Gasteiger partial charge < -0.3 is 41.0 Å². The quantitative estimate of drug-likeness (QED) is 0.0540. The van der Waals surface area contributed by atoms with Crippen molar-refractivity contribution in [2.24, 2.45) is 20.5 Å². The minimum Gasteiger partial charge on any atom is -0.505 e. The average Bonchev–Trinajstić information content (AvgIpc) is 3.47. The van der Waals surface area contributed by atoms with Crippen LogP contribution in [-0.4, -0.2) is 48.1 Å². The number of methoxy groups -OCH3 is 2. The monoisotopic (exact) mass is 1030 g/mol. The molecule has 10 aromatic carbocycles. The van der Waals surface area contributed by atoms with Crippen molar-refractivity contribution in [3.8, 4) is 34.1 Å². The van der Waals surface area contributed by atoms with Crippen LogP contribution in [0.2, 0.25) is 0 Å². The van der Waals surface area contributed by atoms with E-state index in [0.717, 1.165) is 11.1 Å². The Morgan fingerprint density at radius 2 is 0.692 bits per heavy atom. The van der Waals surface area contributed by atoms with Gasteiger partial charge in [-0.05, 0) is 119 Å². The minimum atomic E-state index is -0.587. The van der Waals surface area contributed by atoms with E-state index in [-0.39, 0.29) is 45.1 Å². The van der Waals surface area contributed by atoms with Gasteiger partial charge in [0.05, 0.1) is 47.8 Å². The number of anilines is 4. The van der Waals surface area contributed by atoms with Crippen molar-refractivity contribution in [2.45, 2.75) is 0 Å². The third-order valence-corrected chi connectivity index (χ3v) is 12.5. The molecule has 10 aromatic rings. The number of nitrogens with one attached hydrogen (secondary N) is 4. The summed E-state index contributed by atoms with van der Waals surface area (Å²) < 4.78 is 10.9. The number of carbonyl (C=O) groups excluding carboxylic acids is 4. The van der Waals surface area contributed by atoms with Gasteiger partial charge in [-0.25, -0.2) is 0 Å². The number of amides is 4. The van der Waals surface area contributed by atoms with Crippen molar-refractivity contribution < 1.29 is 38.9 Å². The molecule has 16 heteroatoms. The zero-order chi connectivity index (χ0) is 54.1. The molecule has 0 aliphatic rings. The summed E-state index contributed by atoms with van der Waals surface area (Å²) in [5.74, 6) is -2.12. The van der Waals surface area contributed by atoms with Gasteiger partial charge in [-0.2, -0.15) is 10.2 Å². The molecular weight excluding hydrogens is 985 g/mol. The molecule has 4 amide bonds. The maximum absolute atomic E-state index is 13.8. The molecule has 0 aromatic heterocycles. The van der Waals surface area contributed by atoms with E-state index in [0.29, 0.717) is 67.2 Å². The molecule has 0 radical (unpaired) electrons. The first-order chi connectivity index (χ1) is 38.0. The highest BCUT2D eigenvalue weighted by molar-refractivity contribution is 6.13. The van der Waals surface area contributed by atoms with Crippen LogP contribution in [0.25, 0.3) is 32.7 Å². The summed E-state index contributed by atoms with van der Waals surface area (Å²) in [6.07, 6.45) is 0. The van der Waals surface area contributed by atoms with Crippen LogP contribution in [-0.2, 0) is 0 Å². The molecule has 0 aliphatic heterocycles. The normalized spacial score (nSPS) is 11.2. The third kappa shape index (κ3) is 11.1. The summed E-state index contributed by atoms with van der Waals surface area (Å²) >= 11 is 0. The lowest BCUT2D eigenvalue weighted by Gasteiger charge is -2.12. The van der Waals surface area contributed by atoms with E-state index < -0.39 is 23.6 Å². The lowest BCUT2D eigenvalue weighted by molar-refractivity contribution is 0.101. The van der Waals surface area contributed by atoms with E-state index in [4.69, 9.17) is 9.47 Å². The number of hydrogen-bond donors (Lipinski definition) is 6. The highest BCUT2D eigenvalue weighted by Crippen LogP contribution is 2.42. The van der Waals surface area contributed by atoms with Gasteiger partial charge in [0.1, 0.15) is 22.9 Å². The van der Waals surface area contributed by atoms with Crippen molar-refractivity contribution in [1.82, 2.24) is 0 Å². The zero-order valence-electron chi connectivity index (χ0n) is 41.8. The number of rotatable bonds is 15. The zero-order valence-corrected chi connectivity index (χ0v) is 41.8. The summed E-state index contributed by atoms with van der Waals surface area (Å²) in [6.45, 7) is 0. The van der Waals surface area contributed by atoms with Gasteiger partial charge in [0.15, 0.2) is 11.5 Å². The first kappa shape index (κ1) is 50.5. The molecular formula is C62H46N8O8. The fraction of sp³-hybridized carbons (Fsp3) is 0.0323. The van der Waals surface area contributed by atoms with Crippen LogP contribution in [0, 0.1) is 0 Å². The first-order valence-electron chi connectivity index (χ1n) is 24.3. The Morgan fingerprint density at radius 1 is 0.359 bits per heavy atom. The van der Waals surface area contributed by atoms with Crippen molar-refractivity contribution >= 4 is 90.7 Å². The number of phenolic OH excluding ortho intramolecular Hbond substituents is 2. The molecule has 0 saturated carbocycles. The molecule has 0 spiro atoms. The second-order valence-corrected chi connectivity index (χ2v) is 17.6. The third-order valence-electron chi connectivity index (χ3n) is 12.5. The Morgan fingerprint density at radius 3 is 1.06 bits per heavy atom. The average molecular weight is 1030 g/mol. The minimum absolute atomic E-state index is 0.0336. The number of nitrogens with zero attached hydrogens (tertiary/aromatic N) is 4. The molecule has 0 atom stereocenters. The van der Waals surface area contributed by atoms with E-state index in [1.54, 1.807) is 133 Å².